The van der Waals surface area contributed by atoms with Crippen molar-refractivity contribution >= 4 is 5.97 Å². The number of piperidine rings is 1. The lowest BCUT2D eigenvalue weighted by Crippen LogP contribution is -2.77. The Balaban J connectivity index is 1.46. The lowest BCUT2D eigenvalue weighted by Gasteiger charge is -2.64. The lowest BCUT2D eigenvalue weighted by atomic mass is 9.48. The van der Waals surface area contributed by atoms with Crippen molar-refractivity contribution in [2.24, 2.45) is 11.8 Å². The van der Waals surface area contributed by atoms with E-state index < -0.39 is 23.2 Å². The van der Waals surface area contributed by atoms with E-state index in [9.17, 15) is 15.0 Å². The van der Waals surface area contributed by atoms with Gasteiger partial charge in [0.25, 0.3) is 0 Å². The summed E-state index contributed by atoms with van der Waals surface area (Å²) in [4.78, 5) is 14.9. The van der Waals surface area contributed by atoms with Crippen molar-refractivity contribution in [2.45, 2.75) is 88.1 Å². The molecule has 1 spiro atoms. The maximum atomic E-state index is 12.3. The molecular weight excluding hydrogens is 394 g/mol. The monoisotopic (exact) mass is 427 g/mol. The summed E-state index contributed by atoms with van der Waals surface area (Å²) in [5, 5.41) is 23.3. The molecule has 0 amide bonds. The molecule has 5 aliphatic rings. The summed E-state index contributed by atoms with van der Waals surface area (Å²) in [7, 11) is 0. The van der Waals surface area contributed by atoms with Gasteiger partial charge in [-0.15, -0.1) is 0 Å². The van der Waals surface area contributed by atoms with E-state index in [1.54, 1.807) is 0 Å². The van der Waals surface area contributed by atoms with E-state index >= 15 is 0 Å². The fourth-order valence-corrected chi connectivity index (χ4v) is 7.13. The van der Waals surface area contributed by atoms with E-state index in [2.05, 4.69) is 11.0 Å². The topological polar surface area (TPSA) is 79.2 Å². The molecule has 2 N–H and O–H groups in total. The number of aliphatic hydroxyl groups excluding tert-OH is 1. The molecule has 1 aromatic rings. The van der Waals surface area contributed by atoms with Crippen LogP contribution in [0.4, 0.5) is 0 Å². The predicted molar refractivity (Wildman–Crippen MR) is 114 cm³/mol. The molecule has 0 radical (unpaired) electrons. The van der Waals surface area contributed by atoms with Crippen LogP contribution < -0.4 is 9.47 Å². The van der Waals surface area contributed by atoms with Crippen molar-refractivity contribution in [1.29, 1.82) is 0 Å². The first-order chi connectivity index (χ1) is 14.8. The minimum Gasteiger partial charge on any atom is -0.482 e. The molecule has 1 saturated heterocycles. The molecule has 6 heteroatoms. The first kappa shape index (κ1) is 20.0. The number of ether oxygens (including phenoxy) is 2. The van der Waals surface area contributed by atoms with Crippen molar-refractivity contribution in [3.8, 4) is 11.5 Å². The molecule has 3 fully saturated rings. The Kier molecular flexibility index (Phi) is 4.32. The van der Waals surface area contributed by atoms with Crippen LogP contribution in [0, 0.1) is 11.8 Å². The van der Waals surface area contributed by atoms with Gasteiger partial charge in [-0.1, -0.05) is 26.3 Å². The van der Waals surface area contributed by atoms with Crippen LogP contribution in [0.25, 0.3) is 0 Å². The molecule has 5 unspecified atom stereocenters. The SMILES string of the molecule is CC(C)C(=O)Oc1ccc2c3c1OC1C(O)CCC4(O)C(C2)N(CC2CCC2)CCC314. The zero-order valence-electron chi connectivity index (χ0n) is 18.5. The maximum Gasteiger partial charge on any atom is 0.313 e. The fourth-order valence-electron chi connectivity index (χ4n) is 7.13. The molecule has 1 aromatic carbocycles. The minimum atomic E-state index is -0.933. The van der Waals surface area contributed by atoms with Crippen LogP contribution in [0.1, 0.15) is 63.5 Å². The molecule has 2 bridgehead atoms. The van der Waals surface area contributed by atoms with Gasteiger partial charge in [-0.2, -0.15) is 0 Å². The zero-order valence-corrected chi connectivity index (χ0v) is 18.5. The van der Waals surface area contributed by atoms with E-state index in [0.717, 1.165) is 37.4 Å². The third kappa shape index (κ3) is 2.53. The number of carbonyl (C=O) groups excluding carboxylic acids is 1. The van der Waals surface area contributed by atoms with Gasteiger partial charge in [-0.05, 0) is 62.6 Å². The molecule has 6 rings (SSSR count). The number of hydrogen-bond acceptors (Lipinski definition) is 6. The normalized spacial score (nSPS) is 38.4. The van der Waals surface area contributed by atoms with E-state index in [1.807, 2.05) is 19.9 Å². The van der Waals surface area contributed by atoms with Crippen LogP contribution in [0.5, 0.6) is 11.5 Å². The Morgan fingerprint density at radius 1 is 1.29 bits per heavy atom. The summed E-state index contributed by atoms with van der Waals surface area (Å²) in [6.45, 7) is 5.59. The Hall–Kier alpha value is -1.63. The van der Waals surface area contributed by atoms with Crippen molar-refractivity contribution in [1.82, 2.24) is 4.90 Å². The van der Waals surface area contributed by atoms with E-state index in [1.165, 1.54) is 24.8 Å². The number of aliphatic hydroxyl groups is 2. The van der Waals surface area contributed by atoms with Gasteiger partial charge in [0, 0.05) is 18.2 Å². The molecule has 2 heterocycles. The number of rotatable bonds is 4. The first-order valence-corrected chi connectivity index (χ1v) is 12.0. The maximum absolute atomic E-state index is 12.3. The van der Waals surface area contributed by atoms with Crippen LogP contribution in [-0.2, 0) is 16.6 Å². The highest BCUT2D eigenvalue weighted by Crippen LogP contribution is 2.65. The Morgan fingerprint density at radius 2 is 2.10 bits per heavy atom. The highest BCUT2D eigenvalue weighted by atomic mass is 16.6. The fraction of sp³-hybridized carbons (Fsp3) is 0.720. The first-order valence-electron chi connectivity index (χ1n) is 12.0. The van der Waals surface area contributed by atoms with Crippen molar-refractivity contribution in [3.63, 3.8) is 0 Å². The van der Waals surface area contributed by atoms with Crippen molar-refractivity contribution in [3.05, 3.63) is 23.3 Å². The van der Waals surface area contributed by atoms with Crippen molar-refractivity contribution in [2.75, 3.05) is 13.1 Å². The van der Waals surface area contributed by atoms with Gasteiger partial charge < -0.3 is 19.7 Å². The summed E-state index contributed by atoms with van der Waals surface area (Å²) in [5.74, 6) is 1.20. The van der Waals surface area contributed by atoms with Gasteiger partial charge in [0.2, 0.25) is 0 Å². The Morgan fingerprint density at radius 3 is 2.81 bits per heavy atom. The second kappa shape index (κ2) is 6.69. The van der Waals surface area contributed by atoms with Gasteiger partial charge in [0.15, 0.2) is 11.5 Å². The molecule has 2 aliphatic heterocycles. The molecule has 5 atom stereocenters. The number of hydrogen-bond donors (Lipinski definition) is 2. The highest BCUT2D eigenvalue weighted by molar-refractivity contribution is 5.76. The Labute approximate surface area is 183 Å². The van der Waals surface area contributed by atoms with Crippen LogP contribution in [0.2, 0.25) is 0 Å². The average Bonchev–Trinajstić information content (AvgIpc) is 3.05. The van der Waals surface area contributed by atoms with Crippen LogP contribution in [0.3, 0.4) is 0 Å². The van der Waals surface area contributed by atoms with Gasteiger partial charge in [-0.3, -0.25) is 9.69 Å². The second-order valence-electron chi connectivity index (χ2n) is 10.8. The molecule has 6 nitrogen and oxygen atoms in total. The highest BCUT2D eigenvalue weighted by Gasteiger charge is 2.73. The summed E-state index contributed by atoms with van der Waals surface area (Å²) in [6.07, 6.45) is 5.43. The number of benzene rings is 1. The smallest absolute Gasteiger partial charge is 0.313 e. The predicted octanol–water partition coefficient (Wildman–Crippen LogP) is 2.56. The Bertz CT molecular complexity index is 927. The van der Waals surface area contributed by atoms with Crippen LogP contribution >= 0.6 is 0 Å². The molecule has 168 valence electrons. The number of esters is 1. The molecule has 0 aromatic heterocycles. The average molecular weight is 428 g/mol. The van der Waals surface area contributed by atoms with Crippen LogP contribution in [-0.4, -0.2) is 58.0 Å². The summed E-state index contributed by atoms with van der Waals surface area (Å²) >= 11 is 0. The molecule has 31 heavy (non-hydrogen) atoms. The van der Waals surface area contributed by atoms with Gasteiger partial charge in [-0.25, -0.2) is 0 Å². The number of carbonyl (C=O) groups is 1. The molecular formula is C25H33NO5. The lowest BCUT2D eigenvalue weighted by molar-refractivity contribution is -0.209. The van der Waals surface area contributed by atoms with E-state index in [4.69, 9.17) is 9.47 Å². The summed E-state index contributed by atoms with van der Waals surface area (Å²) in [6, 6.07) is 3.93. The quantitative estimate of drug-likeness (QED) is 0.568. The third-order valence-electron chi connectivity index (χ3n) is 8.93. The molecule has 2 saturated carbocycles. The summed E-state index contributed by atoms with van der Waals surface area (Å²) in [5.41, 5.74) is 0.600. The zero-order chi connectivity index (χ0) is 21.5. The van der Waals surface area contributed by atoms with Gasteiger partial charge in [0.1, 0.15) is 6.10 Å². The van der Waals surface area contributed by atoms with Gasteiger partial charge in [0.05, 0.1) is 23.0 Å². The number of nitrogens with zero attached hydrogens (tertiary/aromatic N) is 1. The molecule has 3 aliphatic carbocycles. The van der Waals surface area contributed by atoms with E-state index in [-0.39, 0.29) is 17.9 Å². The van der Waals surface area contributed by atoms with Gasteiger partial charge >= 0.3 is 5.97 Å². The summed E-state index contributed by atoms with van der Waals surface area (Å²) < 4.78 is 12.1. The second-order valence-corrected chi connectivity index (χ2v) is 10.8. The minimum absolute atomic E-state index is 0.0444. The third-order valence-corrected chi connectivity index (χ3v) is 8.93. The van der Waals surface area contributed by atoms with Crippen molar-refractivity contribution < 1.29 is 24.5 Å². The largest absolute Gasteiger partial charge is 0.482 e. The standard InChI is InChI=1S/C25H33NO5/c1-14(2)23(28)30-18-7-6-16-12-19-25(29)9-8-17(27)22-24(25,20(16)21(18)31-22)10-11-26(19)13-15-4-3-5-15/h6-7,14-15,17,19,22,27,29H,3-5,8-13H2,1-2H3. The van der Waals surface area contributed by atoms with E-state index in [0.29, 0.717) is 24.3 Å². The number of likely N-dealkylation sites (tertiary alicyclic amines) is 1. The van der Waals surface area contributed by atoms with Crippen LogP contribution in [0.15, 0.2) is 12.1 Å².